The van der Waals surface area contributed by atoms with Gasteiger partial charge in [-0.15, -0.1) is 0 Å². The fourth-order valence-electron chi connectivity index (χ4n) is 2.96. The predicted molar refractivity (Wildman–Crippen MR) is 113 cm³/mol. The Labute approximate surface area is 172 Å². The zero-order valence-electron chi connectivity index (χ0n) is 16.6. The number of rotatable bonds is 8. The molecule has 0 spiro atoms. The van der Waals surface area contributed by atoms with Crippen LogP contribution in [0.3, 0.4) is 0 Å². The number of benzene rings is 2. The third kappa shape index (κ3) is 5.80. The van der Waals surface area contributed by atoms with Crippen LogP contribution in [0.25, 0.3) is 0 Å². The van der Waals surface area contributed by atoms with Gasteiger partial charge in [-0.05, 0) is 43.5 Å². The fourth-order valence-corrected chi connectivity index (χ4v) is 4.44. The third-order valence-electron chi connectivity index (χ3n) is 4.40. The van der Waals surface area contributed by atoms with Crippen molar-refractivity contribution in [2.45, 2.75) is 44.6 Å². The Bertz CT molecular complexity index is 913. The van der Waals surface area contributed by atoms with E-state index in [9.17, 15) is 13.2 Å². The molecule has 2 rings (SSSR count). The van der Waals surface area contributed by atoms with Gasteiger partial charge in [-0.25, -0.2) is 13.1 Å². The van der Waals surface area contributed by atoms with Gasteiger partial charge in [0.05, 0.1) is 15.5 Å². The quantitative estimate of drug-likeness (QED) is 0.669. The minimum absolute atomic E-state index is 0.0132. The van der Waals surface area contributed by atoms with Gasteiger partial charge in [0.1, 0.15) is 0 Å². The highest BCUT2D eigenvalue weighted by atomic mass is 35.5. The lowest BCUT2D eigenvalue weighted by Crippen LogP contribution is -2.32. The zero-order valence-corrected chi connectivity index (χ0v) is 18.1. The van der Waals surface area contributed by atoms with Crippen molar-refractivity contribution < 1.29 is 13.2 Å². The van der Waals surface area contributed by atoms with E-state index >= 15 is 0 Å². The molecule has 0 saturated carbocycles. The van der Waals surface area contributed by atoms with E-state index in [1.165, 1.54) is 18.2 Å². The van der Waals surface area contributed by atoms with Crippen molar-refractivity contribution >= 4 is 27.5 Å². The Kier molecular flexibility index (Phi) is 7.63. The molecule has 0 aliphatic rings. The van der Waals surface area contributed by atoms with Crippen LogP contribution in [-0.4, -0.2) is 26.9 Å². The van der Waals surface area contributed by atoms with Gasteiger partial charge in [-0.2, -0.15) is 0 Å². The minimum Gasteiger partial charge on any atom is -0.351 e. The monoisotopic (exact) mass is 422 g/mol. The molecule has 1 atom stereocenters. The fraction of sp³-hybridized carbons (Fsp3) is 0.381. The van der Waals surface area contributed by atoms with Crippen molar-refractivity contribution in [2.24, 2.45) is 5.92 Å². The summed E-state index contributed by atoms with van der Waals surface area (Å²) in [6.07, 6.45) is 0. The van der Waals surface area contributed by atoms with Gasteiger partial charge in [0.2, 0.25) is 10.0 Å². The molecule has 1 amide bonds. The summed E-state index contributed by atoms with van der Waals surface area (Å²) in [6, 6.07) is 13.9. The van der Waals surface area contributed by atoms with E-state index in [1.54, 1.807) is 13.8 Å². The largest absolute Gasteiger partial charge is 0.351 e. The van der Waals surface area contributed by atoms with Crippen LogP contribution in [0, 0.1) is 5.92 Å². The highest BCUT2D eigenvalue weighted by molar-refractivity contribution is 7.89. The summed E-state index contributed by atoms with van der Waals surface area (Å²) in [7, 11) is -3.71. The summed E-state index contributed by atoms with van der Waals surface area (Å²) >= 11 is 6.17. The molecule has 0 aromatic heterocycles. The maximum Gasteiger partial charge on any atom is 0.252 e. The van der Waals surface area contributed by atoms with Crippen LogP contribution in [-0.2, 0) is 10.0 Å². The Morgan fingerprint density at radius 2 is 1.68 bits per heavy atom. The second-order valence-corrected chi connectivity index (χ2v) is 9.51. The number of carbonyl (C=O) groups excluding carboxylic acids is 1. The van der Waals surface area contributed by atoms with E-state index in [0.29, 0.717) is 12.5 Å². The Hall–Kier alpha value is -1.89. The number of carbonyl (C=O) groups is 1. The molecule has 1 unspecified atom stereocenters. The molecule has 5 nitrogen and oxygen atoms in total. The molecule has 7 heteroatoms. The molecule has 0 radical (unpaired) electrons. The molecule has 0 bridgehead atoms. The Morgan fingerprint density at radius 3 is 2.25 bits per heavy atom. The molecule has 0 aliphatic heterocycles. The average Bonchev–Trinajstić information content (AvgIpc) is 2.61. The number of nitrogens with one attached hydrogen (secondary N) is 2. The topological polar surface area (TPSA) is 75.3 Å². The molecule has 0 fully saturated rings. The third-order valence-corrected chi connectivity index (χ3v) is 6.38. The lowest BCUT2D eigenvalue weighted by Gasteiger charge is -2.22. The molecule has 2 aromatic carbocycles. The van der Waals surface area contributed by atoms with Crippen LogP contribution >= 0.6 is 11.6 Å². The van der Waals surface area contributed by atoms with E-state index in [4.69, 9.17) is 11.6 Å². The highest BCUT2D eigenvalue weighted by Gasteiger charge is 2.21. The van der Waals surface area contributed by atoms with Crippen LogP contribution in [0.1, 0.15) is 49.5 Å². The van der Waals surface area contributed by atoms with E-state index in [-0.39, 0.29) is 27.4 Å². The number of hydrogen-bond acceptors (Lipinski definition) is 3. The molecule has 0 aliphatic carbocycles. The first-order valence-corrected chi connectivity index (χ1v) is 11.1. The van der Waals surface area contributed by atoms with E-state index in [1.807, 2.05) is 30.3 Å². The summed E-state index contributed by atoms with van der Waals surface area (Å²) in [5, 5.41) is 3.11. The lowest BCUT2D eigenvalue weighted by molar-refractivity contribution is 0.0949. The standard InChI is InChI=1S/C21H27ClN2O3S/c1-14(2)19(16-8-6-5-7-9-16)13-23-21(25)18-12-17(10-11-20(18)22)28(26,27)24-15(3)4/h5-12,14-15,19,24H,13H2,1-4H3,(H,23,25). The van der Waals surface area contributed by atoms with E-state index in [0.717, 1.165) is 5.56 Å². The lowest BCUT2D eigenvalue weighted by atomic mass is 9.88. The zero-order chi connectivity index (χ0) is 20.9. The summed E-state index contributed by atoms with van der Waals surface area (Å²) in [4.78, 5) is 12.7. The number of sulfonamides is 1. The van der Waals surface area contributed by atoms with Gasteiger partial charge in [-0.1, -0.05) is 55.8 Å². The molecule has 2 N–H and O–H groups in total. The van der Waals surface area contributed by atoms with Gasteiger partial charge in [0.15, 0.2) is 0 Å². The molecular weight excluding hydrogens is 396 g/mol. The van der Waals surface area contributed by atoms with Crippen molar-refractivity contribution in [2.75, 3.05) is 6.54 Å². The van der Waals surface area contributed by atoms with Crippen LogP contribution < -0.4 is 10.0 Å². The van der Waals surface area contributed by atoms with Crippen molar-refractivity contribution in [1.29, 1.82) is 0 Å². The maximum atomic E-state index is 12.7. The highest BCUT2D eigenvalue weighted by Crippen LogP contribution is 2.24. The van der Waals surface area contributed by atoms with Crippen molar-refractivity contribution in [3.63, 3.8) is 0 Å². The first-order valence-electron chi connectivity index (χ1n) is 9.27. The second kappa shape index (κ2) is 9.54. The van der Waals surface area contributed by atoms with Crippen LogP contribution in [0.4, 0.5) is 0 Å². The van der Waals surface area contributed by atoms with Crippen LogP contribution in [0.5, 0.6) is 0 Å². The van der Waals surface area contributed by atoms with Gasteiger partial charge in [0.25, 0.3) is 5.91 Å². The molecule has 0 saturated heterocycles. The first-order chi connectivity index (χ1) is 13.1. The first kappa shape index (κ1) is 22.4. The van der Waals surface area contributed by atoms with Crippen molar-refractivity contribution in [3.8, 4) is 0 Å². The SMILES string of the molecule is CC(C)NS(=O)(=O)c1ccc(Cl)c(C(=O)NCC(c2ccccc2)C(C)C)c1. The molecule has 28 heavy (non-hydrogen) atoms. The average molecular weight is 423 g/mol. The van der Waals surface area contributed by atoms with Gasteiger partial charge in [0, 0.05) is 18.5 Å². The number of amides is 1. The van der Waals surface area contributed by atoms with Crippen molar-refractivity contribution in [1.82, 2.24) is 10.0 Å². The van der Waals surface area contributed by atoms with E-state index in [2.05, 4.69) is 23.9 Å². The molecule has 2 aromatic rings. The minimum atomic E-state index is -3.71. The van der Waals surface area contributed by atoms with Crippen LogP contribution in [0.15, 0.2) is 53.4 Å². The van der Waals surface area contributed by atoms with Gasteiger partial charge in [-0.3, -0.25) is 4.79 Å². The Balaban J connectivity index is 2.21. The summed E-state index contributed by atoms with van der Waals surface area (Å²) in [5.74, 6) is 0.0618. The van der Waals surface area contributed by atoms with Gasteiger partial charge >= 0.3 is 0 Å². The second-order valence-electron chi connectivity index (χ2n) is 7.39. The van der Waals surface area contributed by atoms with Crippen molar-refractivity contribution in [3.05, 3.63) is 64.7 Å². The van der Waals surface area contributed by atoms with Crippen LogP contribution in [0.2, 0.25) is 5.02 Å². The predicted octanol–water partition coefficient (Wildman–Crippen LogP) is 4.20. The summed E-state index contributed by atoms with van der Waals surface area (Å²) in [6.45, 7) is 8.09. The number of hydrogen-bond donors (Lipinski definition) is 2. The maximum absolute atomic E-state index is 12.7. The Morgan fingerprint density at radius 1 is 1.04 bits per heavy atom. The van der Waals surface area contributed by atoms with Gasteiger partial charge < -0.3 is 5.32 Å². The number of halogens is 1. The van der Waals surface area contributed by atoms with E-state index < -0.39 is 15.9 Å². The summed E-state index contributed by atoms with van der Waals surface area (Å²) < 4.78 is 27.3. The summed E-state index contributed by atoms with van der Waals surface area (Å²) in [5.41, 5.74) is 1.28. The normalized spacial score (nSPS) is 13.0. The molecular formula is C21H27ClN2O3S. The smallest absolute Gasteiger partial charge is 0.252 e. The molecule has 152 valence electrons. The molecule has 0 heterocycles.